The van der Waals surface area contributed by atoms with Gasteiger partial charge in [-0.3, -0.25) is 4.68 Å². The van der Waals surface area contributed by atoms with Crippen molar-refractivity contribution in [3.8, 4) is 22.7 Å². The second kappa shape index (κ2) is 6.93. The Morgan fingerprint density at radius 3 is 2.46 bits per heavy atom. The van der Waals surface area contributed by atoms with Crippen LogP contribution in [0.5, 0.6) is 0 Å². The molecule has 6 nitrogen and oxygen atoms in total. The van der Waals surface area contributed by atoms with Crippen molar-refractivity contribution >= 4 is 12.4 Å². The Kier molecular flexibility index (Phi) is 5.05. The molecule has 2 heterocycles. The molecule has 0 unspecified atom stereocenters. The molecule has 1 fully saturated rings. The molecule has 28 heavy (non-hydrogen) atoms. The molecule has 0 saturated heterocycles. The summed E-state index contributed by atoms with van der Waals surface area (Å²) in [5.41, 5.74) is 6.32. The van der Waals surface area contributed by atoms with Crippen LogP contribution >= 0.6 is 12.4 Å². The first-order valence-corrected chi connectivity index (χ1v) is 8.86. The van der Waals surface area contributed by atoms with Gasteiger partial charge in [0.25, 0.3) is 5.89 Å². The van der Waals surface area contributed by atoms with Crippen molar-refractivity contribution in [2.45, 2.75) is 51.1 Å². The van der Waals surface area contributed by atoms with E-state index in [1.165, 1.54) is 12.1 Å². The minimum Gasteiger partial charge on any atom is -0.334 e. The summed E-state index contributed by atoms with van der Waals surface area (Å²) in [6.45, 7) is 5.91. The van der Waals surface area contributed by atoms with Crippen molar-refractivity contribution in [3.05, 3.63) is 41.9 Å². The number of hydrogen-bond donors (Lipinski definition) is 1. The molecule has 2 N–H and O–H groups in total. The Hall–Kier alpha value is -2.32. The molecular weight excluding hydrogens is 388 g/mol. The molecule has 4 rings (SSSR count). The zero-order valence-corrected chi connectivity index (χ0v) is 16.7. The third-order valence-electron chi connectivity index (χ3n) is 4.94. The SMILES string of the molecule is CC(C)(C)n1cc(-c2nc(C3(N)CCC3)no2)c(-c2ccc(F)cc2F)n1.Cl. The quantitative estimate of drug-likeness (QED) is 0.693. The van der Waals surface area contributed by atoms with Gasteiger partial charge in [0.05, 0.1) is 16.6 Å². The van der Waals surface area contributed by atoms with Crippen LogP contribution in [0.4, 0.5) is 8.78 Å². The number of hydrogen-bond acceptors (Lipinski definition) is 5. The molecule has 1 aromatic carbocycles. The van der Waals surface area contributed by atoms with Crippen LogP contribution in [0.3, 0.4) is 0 Å². The third-order valence-corrected chi connectivity index (χ3v) is 4.94. The molecule has 0 spiro atoms. The summed E-state index contributed by atoms with van der Waals surface area (Å²) >= 11 is 0. The molecule has 150 valence electrons. The molecule has 0 amide bonds. The monoisotopic (exact) mass is 409 g/mol. The van der Waals surface area contributed by atoms with Crippen molar-refractivity contribution < 1.29 is 13.3 Å². The van der Waals surface area contributed by atoms with Crippen LogP contribution in [0.2, 0.25) is 0 Å². The highest BCUT2D eigenvalue weighted by atomic mass is 35.5. The number of benzene rings is 1. The Morgan fingerprint density at radius 2 is 1.89 bits per heavy atom. The third kappa shape index (κ3) is 3.42. The molecular formula is C19H22ClF2N5O. The van der Waals surface area contributed by atoms with Gasteiger partial charge >= 0.3 is 0 Å². The minimum atomic E-state index is -0.704. The first-order valence-electron chi connectivity index (χ1n) is 8.86. The topological polar surface area (TPSA) is 82.8 Å². The molecule has 2 aromatic heterocycles. The Morgan fingerprint density at radius 1 is 1.18 bits per heavy atom. The highest BCUT2D eigenvalue weighted by Crippen LogP contribution is 2.39. The molecule has 0 atom stereocenters. The lowest BCUT2D eigenvalue weighted by atomic mass is 9.77. The highest BCUT2D eigenvalue weighted by Gasteiger charge is 2.39. The van der Waals surface area contributed by atoms with Gasteiger partial charge in [-0.25, -0.2) is 8.78 Å². The Labute approximate surface area is 167 Å². The number of rotatable bonds is 3. The summed E-state index contributed by atoms with van der Waals surface area (Å²) in [4.78, 5) is 4.45. The zero-order valence-electron chi connectivity index (χ0n) is 15.9. The summed E-state index contributed by atoms with van der Waals surface area (Å²) in [6.07, 6.45) is 4.35. The number of nitrogens with two attached hydrogens (primary N) is 1. The fourth-order valence-corrected chi connectivity index (χ4v) is 3.07. The van der Waals surface area contributed by atoms with Gasteiger partial charge in [-0.1, -0.05) is 5.16 Å². The zero-order chi connectivity index (χ0) is 19.4. The standard InChI is InChI=1S/C19H21F2N5O.ClH/c1-18(2,3)26-10-13(15(24-26)12-6-5-11(20)9-14(12)21)16-23-17(25-27-16)19(22)7-4-8-19;/h5-6,9-10H,4,7-8,22H2,1-3H3;1H. The molecule has 9 heteroatoms. The average molecular weight is 410 g/mol. The summed E-state index contributed by atoms with van der Waals surface area (Å²) in [5.74, 6) is -0.693. The summed E-state index contributed by atoms with van der Waals surface area (Å²) in [7, 11) is 0. The van der Waals surface area contributed by atoms with Crippen LogP contribution in [0.1, 0.15) is 45.9 Å². The molecule has 0 bridgehead atoms. The van der Waals surface area contributed by atoms with E-state index in [0.29, 0.717) is 17.1 Å². The van der Waals surface area contributed by atoms with Crippen LogP contribution in [0.25, 0.3) is 22.7 Å². The Bertz CT molecular complexity index is 1000. The predicted octanol–water partition coefficient (Wildman–Crippen LogP) is 4.39. The van der Waals surface area contributed by atoms with Gasteiger partial charge < -0.3 is 10.3 Å². The van der Waals surface area contributed by atoms with E-state index in [9.17, 15) is 8.78 Å². The van der Waals surface area contributed by atoms with Gasteiger partial charge in [-0.2, -0.15) is 10.1 Å². The molecule has 3 aromatic rings. The first kappa shape index (κ1) is 20.4. The minimum absolute atomic E-state index is 0. The van der Waals surface area contributed by atoms with Crippen molar-refractivity contribution in [2.24, 2.45) is 5.73 Å². The summed E-state index contributed by atoms with van der Waals surface area (Å²) < 4.78 is 34.9. The molecule has 1 aliphatic rings. The number of aromatic nitrogens is 4. The second-order valence-electron chi connectivity index (χ2n) is 8.06. The van der Waals surface area contributed by atoms with Crippen LogP contribution in [-0.2, 0) is 11.1 Å². The fraction of sp³-hybridized carbons (Fsp3) is 0.421. The van der Waals surface area contributed by atoms with E-state index in [-0.39, 0.29) is 29.4 Å². The van der Waals surface area contributed by atoms with E-state index in [4.69, 9.17) is 10.3 Å². The van der Waals surface area contributed by atoms with E-state index in [1.807, 2.05) is 20.8 Å². The van der Waals surface area contributed by atoms with E-state index in [1.54, 1.807) is 10.9 Å². The lowest BCUT2D eigenvalue weighted by molar-refractivity contribution is 0.229. The maximum absolute atomic E-state index is 14.4. The van der Waals surface area contributed by atoms with E-state index in [0.717, 1.165) is 25.3 Å². The van der Waals surface area contributed by atoms with Crippen LogP contribution in [-0.4, -0.2) is 19.9 Å². The molecule has 1 aliphatic carbocycles. The van der Waals surface area contributed by atoms with Gasteiger partial charge in [0.1, 0.15) is 17.3 Å². The average Bonchev–Trinajstić information content (AvgIpc) is 3.19. The molecule has 0 radical (unpaired) electrons. The first-order chi connectivity index (χ1) is 12.7. The van der Waals surface area contributed by atoms with Crippen LogP contribution in [0.15, 0.2) is 28.9 Å². The maximum atomic E-state index is 14.4. The van der Waals surface area contributed by atoms with Gasteiger partial charge in [-0.15, -0.1) is 12.4 Å². The molecule has 1 saturated carbocycles. The van der Waals surface area contributed by atoms with Gasteiger partial charge in [0, 0.05) is 17.8 Å². The number of halogens is 3. The van der Waals surface area contributed by atoms with Crippen molar-refractivity contribution in [1.29, 1.82) is 0 Å². The largest absolute Gasteiger partial charge is 0.334 e. The lowest BCUT2D eigenvalue weighted by Gasteiger charge is -2.34. The number of nitrogens with zero attached hydrogens (tertiary/aromatic N) is 4. The molecule has 0 aliphatic heterocycles. The summed E-state index contributed by atoms with van der Waals surface area (Å²) in [5, 5.41) is 8.55. The van der Waals surface area contributed by atoms with Crippen molar-refractivity contribution in [3.63, 3.8) is 0 Å². The normalized spacial score (nSPS) is 15.8. The van der Waals surface area contributed by atoms with E-state index >= 15 is 0 Å². The lowest BCUT2D eigenvalue weighted by Crippen LogP contribution is -2.44. The maximum Gasteiger partial charge on any atom is 0.261 e. The van der Waals surface area contributed by atoms with Crippen molar-refractivity contribution in [1.82, 2.24) is 19.9 Å². The second-order valence-corrected chi connectivity index (χ2v) is 8.06. The smallest absolute Gasteiger partial charge is 0.261 e. The Balaban J connectivity index is 0.00000225. The van der Waals surface area contributed by atoms with E-state index < -0.39 is 17.2 Å². The van der Waals surface area contributed by atoms with Crippen LogP contribution in [0, 0.1) is 11.6 Å². The van der Waals surface area contributed by atoms with Gasteiger partial charge in [0.2, 0.25) is 0 Å². The van der Waals surface area contributed by atoms with Crippen molar-refractivity contribution in [2.75, 3.05) is 0 Å². The fourth-order valence-electron chi connectivity index (χ4n) is 3.07. The predicted molar refractivity (Wildman–Crippen MR) is 103 cm³/mol. The highest BCUT2D eigenvalue weighted by molar-refractivity contribution is 5.85. The van der Waals surface area contributed by atoms with E-state index in [2.05, 4.69) is 15.2 Å². The summed E-state index contributed by atoms with van der Waals surface area (Å²) in [6, 6.07) is 3.38. The van der Waals surface area contributed by atoms with Gasteiger partial charge in [-0.05, 0) is 52.2 Å². The van der Waals surface area contributed by atoms with Gasteiger partial charge in [0.15, 0.2) is 5.82 Å². The van der Waals surface area contributed by atoms with Crippen LogP contribution < -0.4 is 5.73 Å².